The maximum atomic E-state index is 13.1. The highest BCUT2D eigenvalue weighted by Crippen LogP contribution is 2.30. The van der Waals surface area contributed by atoms with Crippen LogP contribution in [0.1, 0.15) is 21.8 Å². The zero-order valence-electron chi connectivity index (χ0n) is 10.0. The van der Waals surface area contributed by atoms with Gasteiger partial charge in [-0.25, -0.2) is 4.39 Å². The Morgan fingerprint density at radius 1 is 1.32 bits per heavy atom. The van der Waals surface area contributed by atoms with Gasteiger partial charge < -0.3 is 4.52 Å². The minimum absolute atomic E-state index is 0.0882. The monoisotopic (exact) mass is 260 g/mol. The van der Waals surface area contributed by atoms with Crippen molar-refractivity contribution in [2.45, 2.75) is 13.5 Å². The number of amides is 1. The molecule has 96 valence electrons. The number of carbonyl (C=O) groups is 2. The molecule has 0 bridgehead atoms. The van der Waals surface area contributed by atoms with Crippen molar-refractivity contribution < 1.29 is 18.5 Å². The van der Waals surface area contributed by atoms with Gasteiger partial charge in [0.2, 0.25) is 0 Å². The Balaban J connectivity index is 1.99. The van der Waals surface area contributed by atoms with Crippen LogP contribution in [-0.2, 0) is 11.3 Å². The first-order valence-corrected chi connectivity index (χ1v) is 5.64. The number of Topliss-reactive ketones (excluding diaryl/α,β-unsaturated/α-hetero) is 1. The summed E-state index contributed by atoms with van der Waals surface area (Å²) in [7, 11) is 0. The van der Waals surface area contributed by atoms with Gasteiger partial charge >= 0.3 is 0 Å². The lowest BCUT2D eigenvalue weighted by Crippen LogP contribution is -2.29. The lowest BCUT2D eigenvalue weighted by atomic mass is 10.1. The van der Waals surface area contributed by atoms with E-state index < -0.39 is 17.5 Å². The fourth-order valence-corrected chi connectivity index (χ4v) is 2.08. The van der Waals surface area contributed by atoms with Gasteiger partial charge in [0.25, 0.3) is 11.7 Å². The molecule has 1 aromatic heterocycles. The highest BCUT2D eigenvalue weighted by Gasteiger charge is 2.36. The van der Waals surface area contributed by atoms with Crippen LogP contribution in [0.3, 0.4) is 0 Å². The SMILES string of the molecule is Cc1cc(CN2C(=O)C(=O)c3cc(F)ccc32)no1. The van der Waals surface area contributed by atoms with Crippen molar-refractivity contribution in [3.05, 3.63) is 47.1 Å². The van der Waals surface area contributed by atoms with E-state index in [0.717, 1.165) is 6.07 Å². The average Bonchev–Trinajstić information content (AvgIpc) is 2.88. The molecule has 0 saturated heterocycles. The molecule has 5 nitrogen and oxygen atoms in total. The molecule has 0 saturated carbocycles. The summed E-state index contributed by atoms with van der Waals surface area (Å²) < 4.78 is 18.0. The molecule has 0 fully saturated rings. The van der Waals surface area contributed by atoms with E-state index in [4.69, 9.17) is 4.52 Å². The summed E-state index contributed by atoms with van der Waals surface area (Å²) in [5, 5.41) is 3.77. The topological polar surface area (TPSA) is 63.4 Å². The number of hydrogen-bond donors (Lipinski definition) is 0. The second kappa shape index (κ2) is 4.01. The van der Waals surface area contributed by atoms with E-state index in [1.165, 1.54) is 17.0 Å². The first-order valence-electron chi connectivity index (χ1n) is 5.64. The molecule has 2 aromatic rings. The molecule has 6 heteroatoms. The summed E-state index contributed by atoms with van der Waals surface area (Å²) in [4.78, 5) is 24.9. The third kappa shape index (κ3) is 1.81. The normalized spacial score (nSPS) is 14.1. The van der Waals surface area contributed by atoms with Gasteiger partial charge in [0, 0.05) is 6.07 Å². The summed E-state index contributed by atoms with van der Waals surface area (Å²) in [6.45, 7) is 1.86. The quantitative estimate of drug-likeness (QED) is 0.773. The van der Waals surface area contributed by atoms with Crippen molar-refractivity contribution >= 4 is 17.4 Å². The van der Waals surface area contributed by atoms with E-state index in [-0.39, 0.29) is 12.1 Å². The number of hydrogen-bond acceptors (Lipinski definition) is 4. The lowest BCUT2D eigenvalue weighted by Gasteiger charge is -2.14. The minimum Gasteiger partial charge on any atom is -0.361 e. The van der Waals surface area contributed by atoms with Crippen LogP contribution in [0.15, 0.2) is 28.8 Å². The van der Waals surface area contributed by atoms with Gasteiger partial charge in [-0.3, -0.25) is 14.5 Å². The number of halogens is 1. The summed E-state index contributed by atoms with van der Waals surface area (Å²) in [6, 6.07) is 5.38. The number of aryl methyl sites for hydroxylation is 1. The summed E-state index contributed by atoms with van der Waals surface area (Å²) >= 11 is 0. The molecule has 1 aliphatic heterocycles. The second-order valence-corrected chi connectivity index (χ2v) is 4.31. The summed E-state index contributed by atoms with van der Waals surface area (Å²) in [5.74, 6) is -1.30. The van der Waals surface area contributed by atoms with Crippen LogP contribution in [0, 0.1) is 12.7 Å². The van der Waals surface area contributed by atoms with Crippen molar-refractivity contribution in [2.24, 2.45) is 0 Å². The van der Waals surface area contributed by atoms with Crippen LogP contribution in [0.5, 0.6) is 0 Å². The van der Waals surface area contributed by atoms with E-state index in [0.29, 0.717) is 17.1 Å². The highest BCUT2D eigenvalue weighted by atomic mass is 19.1. The second-order valence-electron chi connectivity index (χ2n) is 4.31. The van der Waals surface area contributed by atoms with Crippen molar-refractivity contribution in [2.75, 3.05) is 4.90 Å². The first-order chi connectivity index (χ1) is 9.06. The van der Waals surface area contributed by atoms with Crippen LogP contribution >= 0.6 is 0 Å². The number of fused-ring (bicyclic) bond motifs is 1. The molecule has 2 heterocycles. The third-order valence-electron chi connectivity index (χ3n) is 2.93. The smallest absolute Gasteiger partial charge is 0.299 e. The predicted octanol–water partition coefficient (Wildman–Crippen LogP) is 1.85. The van der Waals surface area contributed by atoms with E-state index in [9.17, 15) is 14.0 Å². The summed E-state index contributed by atoms with van der Waals surface area (Å²) in [6.07, 6.45) is 0. The molecular weight excluding hydrogens is 251 g/mol. The van der Waals surface area contributed by atoms with Crippen molar-refractivity contribution in [1.29, 1.82) is 0 Å². The predicted molar refractivity (Wildman–Crippen MR) is 63.2 cm³/mol. The van der Waals surface area contributed by atoms with Crippen LogP contribution in [0.2, 0.25) is 0 Å². The number of anilines is 1. The lowest BCUT2D eigenvalue weighted by molar-refractivity contribution is -0.114. The van der Waals surface area contributed by atoms with Crippen LogP contribution in [-0.4, -0.2) is 16.8 Å². The number of carbonyl (C=O) groups excluding carboxylic acids is 2. The van der Waals surface area contributed by atoms with E-state index in [1.54, 1.807) is 13.0 Å². The van der Waals surface area contributed by atoms with E-state index in [1.807, 2.05) is 0 Å². The highest BCUT2D eigenvalue weighted by molar-refractivity contribution is 6.52. The maximum absolute atomic E-state index is 13.1. The number of benzene rings is 1. The molecule has 1 aliphatic rings. The fraction of sp³-hybridized carbons (Fsp3) is 0.154. The molecule has 0 unspecified atom stereocenters. The Kier molecular flexibility index (Phi) is 2.45. The Labute approximate surface area is 107 Å². The Hall–Kier alpha value is -2.50. The molecule has 0 atom stereocenters. The summed E-state index contributed by atoms with van der Waals surface area (Å²) in [5.41, 5.74) is 1.03. The van der Waals surface area contributed by atoms with E-state index >= 15 is 0 Å². The average molecular weight is 260 g/mol. The number of nitrogens with zero attached hydrogens (tertiary/aromatic N) is 2. The zero-order chi connectivity index (χ0) is 13.6. The van der Waals surface area contributed by atoms with Crippen molar-refractivity contribution in [3.8, 4) is 0 Å². The molecule has 0 aliphatic carbocycles. The largest absolute Gasteiger partial charge is 0.361 e. The fourth-order valence-electron chi connectivity index (χ4n) is 2.08. The molecule has 19 heavy (non-hydrogen) atoms. The van der Waals surface area contributed by atoms with Gasteiger partial charge in [0.05, 0.1) is 17.8 Å². The zero-order valence-corrected chi connectivity index (χ0v) is 10.0. The Bertz CT molecular complexity index is 693. The van der Waals surface area contributed by atoms with Gasteiger partial charge in [-0.05, 0) is 25.1 Å². The van der Waals surface area contributed by atoms with Gasteiger partial charge in [-0.15, -0.1) is 0 Å². The molecule has 3 rings (SSSR count). The van der Waals surface area contributed by atoms with Gasteiger partial charge in [-0.2, -0.15) is 0 Å². The van der Waals surface area contributed by atoms with Gasteiger partial charge in [-0.1, -0.05) is 5.16 Å². The number of rotatable bonds is 2. The molecule has 0 spiro atoms. The number of ketones is 1. The van der Waals surface area contributed by atoms with E-state index in [2.05, 4.69) is 5.16 Å². The molecule has 0 N–H and O–H groups in total. The Morgan fingerprint density at radius 3 is 2.79 bits per heavy atom. The molecule has 1 aromatic carbocycles. The molecule has 1 amide bonds. The standard InChI is InChI=1S/C13H9FN2O3/c1-7-4-9(15-19-7)6-16-11-3-2-8(14)5-10(11)12(17)13(16)18/h2-5H,6H2,1H3. The maximum Gasteiger partial charge on any atom is 0.299 e. The van der Waals surface area contributed by atoms with Crippen molar-refractivity contribution in [3.63, 3.8) is 0 Å². The van der Waals surface area contributed by atoms with Gasteiger partial charge in [0.1, 0.15) is 17.3 Å². The Morgan fingerprint density at radius 2 is 2.11 bits per heavy atom. The minimum atomic E-state index is -0.699. The van der Waals surface area contributed by atoms with Gasteiger partial charge in [0.15, 0.2) is 0 Å². The van der Waals surface area contributed by atoms with Crippen molar-refractivity contribution in [1.82, 2.24) is 5.16 Å². The molecular formula is C13H9FN2O3. The first kappa shape index (κ1) is 11.6. The van der Waals surface area contributed by atoms with Crippen LogP contribution in [0.25, 0.3) is 0 Å². The van der Waals surface area contributed by atoms with Crippen LogP contribution < -0.4 is 4.90 Å². The molecule has 0 radical (unpaired) electrons. The van der Waals surface area contributed by atoms with Crippen LogP contribution in [0.4, 0.5) is 10.1 Å². The third-order valence-corrected chi connectivity index (χ3v) is 2.93. The number of aromatic nitrogens is 1.